The van der Waals surface area contributed by atoms with Gasteiger partial charge in [-0.3, -0.25) is 9.69 Å². The molecule has 1 amide bonds. The van der Waals surface area contributed by atoms with Crippen LogP contribution in [0, 0.1) is 0 Å². The van der Waals surface area contributed by atoms with E-state index in [-0.39, 0.29) is 5.91 Å². The van der Waals surface area contributed by atoms with Crippen molar-refractivity contribution in [1.82, 2.24) is 0 Å². The average Bonchev–Trinajstić information content (AvgIpc) is 2.80. The summed E-state index contributed by atoms with van der Waals surface area (Å²) < 4.78 is 5.56. The lowest BCUT2D eigenvalue weighted by Crippen LogP contribution is -2.21. The van der Waals surface area contributed by atoms with Crippen LogP contribution in [0.4, 0.5) is 11.4 Å². The minimum atomic E-state index is -0.188. The summed E-state index contributed by atoms with van der Waals surface area (Å²) in [6.45, 7) is 4.18. The molecule has 3 nitrogen and oxygen atoms in total. The summed E-state index contributed by atoms with van der Waals surface area (Å²) in [5.41, 5.74) is 2.60. The van der Waals surface area contributed by atoms with Crippen LogP contribution < -0.4 is 4.90 Å². The molecule has 5 heteroatoms. The summed E-state index contributed by atoms with van der Waals surface area (Å²) in [5, 5.41) is 0.854. The van der Waals surface area contributed by atoms with E-state index in [0.29, 0.717) is 33.7 Å². The fourth-order valence-corrected chi connectivity index (χ4v) is 3.34. The number of para-hydroxylation sites is 2. The van der Waals surface area contributed by atoms with Gasteiger partial charge in [-0.2, -0.15) is 0 Å². The predicted molar refractivity (Wildman–Crippen MR) is 94.3 cm³/mol. The molecule has 0 fully saturated rings. The van der Waals surface area contributed by atoms with Crippen molar-refractivity contribution in [2.75, 3.05) is 11.5 Å². The van der Waals surface area contributed by atoms with Gasteiger partial charge in [0.1, 0.15) is 5.76 Å². The van der Waals surface area contributed by atoms with E-state index in [1.165, 1.54) is 0 Å². The Bertz CT molecular complexity index is 794. The summed E-state index contributed by atoms with van der Waals surface area (Å²) in [6, 6.07) is 12.7. The molecule has 0 spiro atoms. The third-order valence-corrected chi connectivity index (χ3v) is 4.32. The molecule has 1 aliphatic rings. The van der Waals surface area contributed by atoms with Crippen LogP contribution in [-0.4, -0.2) is 12.5 Å². The van der Waals surface area contributed by atoms with Crippen molar-refractivity contribution in [3.8, 4) is 0 Å². The zero-order chi connectivity index (χ0) is 16.6. The number of anilines is 2. The predicted octanol–water partition coefficient (Wildman–Crippen LogP) is 5.44. The summed E-state index contributed by atoms with van der Waals surface area (Å²) in [4.78, 5) is 14.6. The van der Waals surface area contributed by atoms with E-state index in [0.717, 1.165) is 11.3 Å². The van der Waals surface area contributed by atoms with Crippen molar-refractivity contribution in [1.29, 1.82) is 0 Å². The summed E-state index contributed by atoms with van der Waals surface area (Å²) in [6.07, 6.45) is 0. The Hall–Kier alpha value is -1.97. The van der Waals surface area contributed by atoms with E-state index in [1.807, 2.05) is 31.2 Å². The van der Waals surface area contributed by atoms with Crippen molar-refractivity contribution in [2.45, 2.75) is 13.8 Å². The Morgan fingerprint density at radius 3 is 2.39 bits per heavy atom. The van der Waals surface area contributed by atoms with Gasteiger partial charge in [-0.05, 0) is 32.0 Å². The number of hydrogen-bond donors (Lipinski definition) is 0. The van der Waals surface area contributed by atoms with E-state index >= 15 is 0 Å². The van der Waals surface area contributed by atoms with Gasteiger partial charge in [0, 0.05) is 5.56 Å². The third kappa shape index (κ3) is 2.60. The lowest BCUT2D eigenvalue weighted by molar-refractivity contribution is -0.112. The number of rotatable bonds is 3. The molecule has 0 bridgehead atoms. The Balaban J connectivity index is 2.25. The second-order valence-electron chi connectivity index (χ2n) is 5.09. The van der Waals surface area contributed by atoms with Gasteiger partial charge >= 0.3 is 0 Å². The van der Waals surface area contributed by atoms with Gasteiger partial charge in [-0.15, -0.1) is 0 Å². The molecule has 0 saturated heterocycles. The molecule has 118 valence electrons. The van der Waals surface area contributed by atoms with Gasteiger partial charge in [-0.1, -0.05) is 47.5 Å². The van der Waals surface area contributed by atoms with Gasteiger partial charge < -0.3 is 4.74 Å². The van der Waals surface area contributed by atoms with Crippen LogP contribution in [0.3, 0.4) is 0 Å². The Kier molecular flexibility index (Phi) is 4.33. The molecule has 2 aromatic carbocycles. The van der Waals surface area contributed by atoms with Gasteiger partial charge in [-0.25, -0.2) is 0 Å². The zero-order valence-corrected chi connectivity index (χ0v) is 14.3. The maximum Gasteiger partial charge on any atom is 0.267 e. The second-order valence-corrected chi connectivity index (χ2v) is 5.91. The highest BCUT2D eigenvalue weighted by atomic mass is 35.5. The minimum Gasteiger partial charge on any atom is -0.498 e. The summed E-state index contributed by atoms with van der Waals surface area (Å²) in [5.74, 6) is 0.405. The monoisotopic (exact) mass is 347 g/mol. The smallest absolute Gasteiger partial charge is 0.267 e. The second kappa shape index (κ2) is 6.26. The van der Waals surface area contributed by atoms with Gasteiger partial charge in [0.05, 0.1) is 33.6 Å². The molecule has 0 unspecified atom stereocenters. The van der Waals surface area contributed by atoms with E-state index in [2.05, 4.69) is 0 Å². The largest absolute Gasteiger partial charge is 0.498 e. The molecule has 0 N–H and O–H groups in total. The normalized spacial score (nSPS) is 15.7. The Morgan fingerprint density at radius 1 is 1.09 bits per heavy atom. The van der Waals surface area contributed by atoms with Gasteiger partial charge in [0.15, 0.2) is 0 Å². The van der Waals surface area contributed by atoms with Crippen LogP contribution in [0.2, 0.25) is 10.0 Å². The lowest BCUT2D eigenvalue weighted by Gasteiger charge is -2.20. The molecule has 0 saturated carbocycles. The molecular formula is C18H15Cl2NO2. The van der Waals surface area contributed by atoms with Crippen LogP contribution in [0.1, 0.15) is 19.4 Å². The van der Waals surface area contributed by atoms with Crippen molar-refractivity contribution >= 4 is 46.1 Å². The Labute approximate surface area is 145 Å². The van der Waals surface area contributed by atoms with Crippen LogP contribution in [0.25, 0.3) is 5.57 Å². The maximum atomic E-state index is 13.1. The van der Waals surface area contributed by atoms with E-state index in [4.69, 9.17) is 27.9 Å². The van der Waals surface area contributed by atoms with Crippen molar-refractivity contribution in [3.05, 3.63) is 63.8 Å². The standard InChI is InChI=1S/C18H15Cl2NO2/c1-3-23-11(2)16-12-7-4-5-10-15(12)21(18(16)22)17-13(19)8-6-9-14(17)20/h4-10H,3H2,1-2H3. The minimum absolute atomic E-state index is 0.188. The number of fused-ring (bicyclic) bond motifs is 1. The Morgan fingerprint density at radius 2 is 1.74 bits per heavy atom. The first-order chi connectivity index (χ1) is 11.1. The van der Waals surface area contributed by atoms with Crippen LogP contribution >= 0.6 is 23.2 Å². The first kappa shape index (κ1) is 15.9. The third-order valence-electron chi connectivity index (χ3n) is 3.71. The number of carbonyl (C=O) groups is 1. The van der Waals surface area contributed by atoms with Gasteiger partial charge in [0.2, 0.25) is 0 Å². The summed E-state index contributed by atoms with van der Waals surface area (Å²) in [7, 11) is 0. The molecule has 3 rings (SSSR count). The fraction of sp³-hybridized carbons (Fsp3) is 0.167. The molecule has 2 aromatic rings. The topological polar surface area (TPSA) is 29.5 Å². The number of hydrogen-bond acceptors (Lipinski definition) is 2. The zero-order valence-electron chi connectivity index (χ0n) is 12.8. The van der Waals surface area contributed by atoms with Crippen molar-refractivity contribution in [2.24, 2.45) is 0 Å². The molecule has 0 radical (unpaired) electrons. The molecule has 1 aliphatic heterocycles. The van der Waals surface area contributed by atoms with Crippen molar-refractivity contribution < 1.29 is 9.53 Å². The van der Waals surface area contributed by atoms with Gasteiger partial charge in [0.25, 0.3) is 5.91 Å². The number of nitrogens with zero attached hydrogens (tertiary/aromatic N) is 1. The first-order valence-electron chi connectivity index (χ1n) is 7.27. The first-order valence-corrected chi connectivity index (χ1v) is 8.03. The number of benzene rings is 2. The average molecular weight is 348 g/mol. The summed E-state index contributed by atoms with van der Waals surface area (Å²) >= 11 is 12.6. The number of allylic oxidation sites excluding steroid dienone is 1. The van der Waals surface area contributed by atoms with Crippen LogP contribution in [0.15, 0.2) is 48.2 Å². The van der Waals surface area contributed by atoms with E-state index in [9.17, 15) is 4.79 Å². The number of ether oxygens (including phenoxy) is 1. The molecule has 23 heavy (non-hydrogen) atoms. The maximum absolute atomic E-state index is 13.1. The molecule has 0 aliphatic carbocycles. The van der Waals surface area contributed by atoms with Crippen LogP contribution in [-0.2, 0) is 9.53 Å². The van der Waals surface area contributed by atoms with E-state index in [1.54, 1.807) is 30.0 Å². The molecular weight excluding hydrogens is 333 g/mol. The highest BCUT2D eigenvalue weighted by molar-refractivity contribution is 6.44. The van der Waals surface area contributed by atoms with E-state index < -0.39 is 0 Å². The molecule has 0 atom stereocenters. The molecule has 1 heterocycles. The number of amides is 1. The SMILES string of the molecule is CCOC(C)=C1C(=O)N(c2c(Cl)cccc2Cl)c2ccccc21. The molecule has 0 aromatic heterocycles. The van der Waals surface area contributed by atoms with Crippen molar-refractivity contribution in [3.63, 3.8) is 0 Å². The fourth-order valence-electron chi connectivity index (χ4n) is 2.77. The quantitative estimate of drug-likeness (QED) is 0.546. The highest BCUT2D eigenvalue weighted by Gasteiger charge is 2.37. The highest BCUT2D eigenvalue weighted by Crippen LogP contribution is 2.47. The number of carbonyl (C=O) groups excluding carboxylic acids is 1. The van der Waals surface area contributed by atoms with Crippen LogP contribution in [0.5, 0.6) is 0 Å². The number of halogens is 2. The lowest BCUT2D eigenvalue weighted by atomic mass is 10.1.